The second-order valence-corrected chi connectivity index (χ2v) is 3.21. The van der Waals surface area contributed by atoms with E-state index in [1.54, 1.807) is 0 Å². The molecule has 0 bridgehead atoms. The number of nitrogens with zero attached hydrogens (tertiary/aromatic N) is 1. The van der Waals surface area contributed by atoms with Gasteiger partial charge in [0, 0.05) is 6.54 Å². The molecule has 0 amide bonds. The molecular formula is C8H18N2. The molecule has 1 aliphatic rings. The average molecular weight is 142 g/mol. The van der Waals surface area contributed by atoms with E-state index < -0.39 is 0 Å². The van der Waals surface area contributed by atoms with Crippen molar-refractivity contribution in [3.63, 3.8) is 0 Å². The number of rotatable bonds is 3. The Morgan fingerprint density at radius 2 is 2.40 bits per heavy atom. The fraction of sp³-hybridized carbons (Fsp3) is 1.00. The Balaban J connectivity index is 2.11. The molecular weight excluding hydrogens is 124 g/mol. The minimum atomic E-state index is 0.907. The van der Waals surface area contributed by atoms with Crippen LogP contribution < -0.4 is 5.32 Å². The maximum absolute atomic E-state index is 3.38. The van der Waals surface area contributed by atoms with Crippen LogP contribution >= 0.6 is 0 Å². The van der Waals surface area contributed by atoms with Gasteiger partial charge >= 0.3 is 0 Å². The quantitative estimate of drug-likeness (QED) is 0.619. The first-order valence-corrected chi connectivity index (χ1v) is 4.22. The van der Waals surface area contributed by atoms with Crippen LogP contribution in [-0.4, -0.2) is 38.1 Å². The van der Waals surface area contributed by atoms with E-state index in [0.717, 1.165) is 5.92 Å². The topological polar surface area (TPSA) is 15.3 Å². The van der Waals surface area contributed by atoms with E-state index in [4.69, 9.17) is 0 Å². The predicted octanol–water partition coefficient (Wildman–Crippen LogP) is 0.548. The maximum Gasteiger partial charge on any atom is 0.00191 e. The van der Waals surface area contributed by atoms with Crippen molar-refractivity contribution in [2.45, 2.75) is 13.3 Å². The van der Waals surface area contributed by atoms with Gasteiger partial charge in [0.1, 0.15) is 0 Å². The first kappa shape index (κ1) is 8.02. The fourth-order valence-electron chi connectivity index (χ4n) is 1.44. The van der Waals surface area contributed by atoms with Crippen LogP contribution in [0.4, 0.5) is 0 Å². The molecule has 60 valence electrons. The van der Waals surface area contributed by atoms with Crippen molar-refractivity contribution in [1.29, 1.82) is 0 Å². The van der Waals surface area contributed by atoms with Crippen LogP contribution in [0.15, 0.2) is 0 Å². The summed E-state index contributed by atoms with van der Waals surface area (Å²) in [6.45, 7) is 7.11. The minimum absolute atomic E-state index is 0.907. The van der Waals surface area contributed by atoms with Crippen LogP contribution in [0.5, 0.6) is 0 Å². The Kier molecular flexibility index (Phi) is 3.16. The van der Waals surface area contributed by atoms with Crippen LogP contribution in [0.25, 0.3) is 0 Å². The Hall–Kier alpha value is -0.0800. The molecule has 0 radical (unpaired) electrons. The molecule has 1 atom stereocenters. The van der Waals surface area contributed by atoms with Crippen molar-refractivity contribution in [2.75, 3.05) is 33.2 Å². The summed E-state index contributed by atoms with van der Waals surface area (Å²) in [5.74, 6) is 0.907. The Labute approximate surface area is 63.6 Å². The highest BCUT2D eigenvalue weighted by Gasteiger charge is 2.14. The SMILES string of the molecule is CCN(C)C[C@H]1CCNC1. The minimum Gasteiger partial charge on any atom is -0.316 e. The van der Waals surface area contributed by atoms with Crippen molar-refractivity contribution in [3.8, 4) is 0 Å². The monoisotopic (exact) mass is 142 g/mol. The Morgan fingerprint density at radius 3 is 2.90 bits per heavy atom. The van der Waals surface area contributed by atoms with E-state index >= 15 is 0 Å². The third-order valence-electron chi connectivity index (χ3n) is 2.27. The molecule has 2 nitrogen and oxygen atoms in total. The van der Waals surface area contributed by atoms with E-state index in [2.05, 4.69) is 24.2 Å². The molecule has 1 aliphatic heterocycles. The molecule has 1 N–H and O–H groups in total. The largest absolute Gasteiger partial charge is 0.316 e. The molecule has 10 heavy (non-hydrogen) atoms. The van der Waals surface area contributed by atoms with Gasteiger partial charge in [-0.2, -0.15) is 0 Å². The number of hydrogen-bond acceptors (Lipinski definition) is 2. The zero-order chi connectivity index (χ0) is 7.40. The van der Waals surface area contributed by atoms with E-state index in [-0.39, 0.29) is 0 Å². The highest BCUT2D eigenvalue weighted by Crippen LogP contribution is 2.07. The fourth-order valence-corrected chi connectivity index (χ4v) is 1.44. The predicted molar refractivity (Wildman–Crippen MR) is 44.1 cm³/mol. The van der Waals surface area contributed by atoms with Crippen molar-refractivity contribution < 1.29 is 0 Å². The van der Waals surface area contributed by atoms with Crippen molar-refractivity contribution in [1.82, 2.24) is 10.2 Å². The Morgan fingerprint density at radius 1 is 1.60 bits per heavy atom. The van der Waals surface area contributed by atoms with Gasteiger partial charge in [0.05, 0.1) is 0 Å². The van der Waals surface area contributed by atoms with Gasteiger partial charge in [-0.1, -0.05) is 6.92 Å². The summed E-state index contributed by atoms with van der Waals surface area (Å²) in [4.78, 5) is 2.39. The number of hydrogen-bond donors (Lipinski definition) is 1. The van der Waals surface area contributed by atoms with Crippen molar-refractivity contribution in [2.24, 2.45) is 5.92 Å². The first-order valence-electron chi connectivity index (χ1n) is 4.22. The molecule has 0 aromatic heterocycles. The summed E-state index contributed by atoms with van der Waals surface area (Å²) in [7, 11) is 2.19. The normalized spacial score (nSPS) is 26.1. The Bertz CT molecular complexity index is 87.3. The van der Waals surface area contributed by atoms with Gasteiger partial charge < -0.3 is 10.2 Å². The van der Waals surface area contributed by atoms with E-state index in [9.17, 15) is 0 Å². The van der Waals surface area contributed by atoms with Crippen molar-refractivity contribution >= 4 is 0 Å². The second kappa shape index (κ2) is 3.94. The average Bonchev–Trinajstić information content (AvgIpc) is 2.40. The molecule has 1 fully saturated rings. The molecule has 2 heteroatoms. The number of nitrogens with one attached hydrogen (secondary N) is 1. The van der Waals surface area contributed by atoms with Gasteiger partial charge in [0.2, 0.25) is 0 Å². The summed E-state index contributed by atoms with van der Waals surface area (Å²) >= 11 is 0. The molecule has 0 spiro atoms. The van der Waals surface area contributed by atoms with Gasteiger partial charge in [-0.05, 0) is 39.0 Å². The van der Waals surface area contributed by atoms with Gasteiger partial charge in [-0.3, -0.25) is 0 Å². The lowest BCUT2D eigenvalue weighted by atomic mass is 10.1. The molecule has 0 aliphatic carbocycles. The van der Waals surface area contributed by atoms with Gasteiger partial charge in [0.15, 0.2) is 0 Å². The van der Waals surface area contributed by atoms with Crippen LogP contribution in [-0.2, 0) is 0 Å². The van der Waals surface area contributed by atoms with Crippen LogP contribution in [0.3, 0.4) is 0 Å². The lowest BCUT2D eigenvalue weighted by Crippen LogP contribution is -2.26. The third kappa shape index (κ3) is 2.27. The summed E-state index contributed by atoms with van der Waals surface area (Å²) in [6, 6.07) is 0. The summed E-state index contributed by atoms with van der Waals surface area (Å²) in [5.41, 5.74) is 0. The van der Waals surface area contributed by atoms with Gasteiger partial charge in [0.25, 0.3) is 0 Å². The molecule has 0 aromatic rings. The molecule has 1 saturated heterocycles. The third-order valence-corrected chi connectivity index (χ3v) is 2.27. The second-order valence-electron chi connectivity index (χ2n) is 3.21. The van der Waals surface area contributed by atoms with Gasteiger partial charge in [-0.15, -0.1) is 0 Å². The zero-order valence-corrected chi connectivity index (χ0v) is 7.06. The standard InChI is InChI=1S/C8H18N2/c1-3-10(2)7-8-4-5-9-6-8/h8-9H,3-7H2,1-2H3/t8-/m0/s1. The summed E-state index contributed by atoms with van der Waals surface area (Å²) in [6.07, 6.45) is 1.37. The molecule has 0 saturated carbocycles. The van der Waals surface area contributed by atoms with Crippen LogP contribution in [0, 0.1) is 5.92 Å². The summed E-state index contributed by atoms with van der Waals surface area (Å²) in [5, 5.41) is 3.38. The molecule has 1 rings (SSSR count). The highest BCUT2D eigenvalue weighted by molar-refractivity contribution is 4.73. The molecule has 0 aromatic carbocycles. The maximum atomic E-state index is 3.38. The smallest absolute Gasteiger partial charge is 0.00191 e. The van der Waals surface area contributed by atoms with E-state index in [1.807, 2.05) is 0 Å². The zero-order valence-electron chi connectivity index (χ0n) is 7.06. The highest BCUT2D eigenvalue weighted by atomic mass is 15.1. The van der Waals surface area contributed by atoms with Gasteiger partial charge in [-0.25, -0.2) is 0 Å². The van der Waals surface area contributed by atoms with Crippen LogP contribution in [0.1, 0.15) is 13.3 Å². The van der Waals surface area contributed by atoms with Crippen molar-refractivity contribution in [3.05, 3.63) is 0 Å². The lowest BCUT2D eigenvalue weighted by molar-refractivity contribution is 0.299. The lowest BCUT2D eigenvalue weighted by Gasteiger charge is -2.17. The van der Waals surface area contributed by atoms with Crippen LogP contribution in [0.2, 0.25) is 0 Å². The van der Waals surface area contributed by atoms with E-state index in [0.29, 0.717) is 0 Å². The summed E-state index contributed by atoms with van der Waals surface area (Å²) < 4.78 is 0. The van der Waals surface area contributed by atoms with E-state index in [1.165, 1.54) is 32.6 Å². The molecule has 1 heterocycles. The molecule has 0 unspecified atom stereocenters. The first-order chi connectivity index (χ1) is 4.83.